The van der Waals surface area contributed by atoms with Crippen molar-refractivity contribution in [2.45, 2.75) is 90.5 Å². The zero-order valence-electron chi connectivity index (χ0n) is 18.9. The fourth-order valence-electron chi connectivity index (χ4n) is 7.73. The van der Waals surface area contributed by atoms with Crippen molar-refractivity contribution in [2.24, 2.45) is 28.6 Å². The van der Waals surface area contributed by atoms with Gasteiger partial charge in [-0.2, -0.15) is 0 Å². The van der Waals surface area contributed by atoms with E-state index in [0.717, 1.165) is 18.9 Å². The van der Waals surface area contributed by atoms with Crippen LogP contribution in [0.15, 0.2) is 23.6 Å². The van der Waals surface area contributed by atoms with E-state index in [2.05, 4.69) is 6.92 Å². The topological polar surface area (TPSA) is 63.6 Å². The van der Waals surface area contributed by atoms with E-state index in [9.17, 15) is 19.1 Å². The first-order valence-corrected chi connectivity index (χ1v) is 11.8. The predicted octanol–water partition coefficient (Wildman–Crippen LogP) is 5.00. The van der Waals surface area contributed by atoms with Gasteiger partial charge in [-0.05, 0) is 62.5 Å². The maximum Gasteiger partial charge on any atom is 0.305 e. The summed E-state index contributed by atoms with van der Waals surface area (Å²) in [5, 5.41) is 11.4. The molecule has 8 atom stereocenters. The first-order chi connectivity index (χ1) is 14.6. The predicted molar refractivity (Wildman–Crippen MR) is 112 cm³/mol. The highest BCUT2D eigenvalue weighted by Gasteiger charge is 2.73. The van der Waals surface area contributed by atoms with E-state index >= 15 is 4.39 Å². The molecule has 0 bridgehead atoms. The van der Waals surface area contributed by atoms with Gasteiger partial charge >= 0.3 is 5.97 Å². The molecule has 4 rings (SSSR count). The summed E-state index contributed by atoms with van der Waals surface area (Å²) in [7, 11) is 0. The van der Waals surface area contributed by atoms with Crippen LogP contribution in [0.2, 0.25) is 0 Å². The molecule has 4 nitrogen and oxygen atoms in total. The maximum absolute atomic E-state index is 17.1. The summed E-state index contributed by atoms with van der Waals surface area (Å²) in [6.07, 6.45) is 4.34. The summed E-state index contributed by atoms with van der Waals surface area (Å²) >= 11 is 0. The van der Waals surface area contributed by atoms with Gasteiger partial charge in [-0.15, -0.1) is 0 Å². The average molecular weight is 437 g/mol. The number of carbonyl (C=O) groups excluding carboxylic acids is 2. The molecule has 172 valence electrons. The molecule has 0 heterocycles. The van der Waals surface area contributed by atoms with E-state index in [4.69, 9.17) is 4.74 Å². The van der Waals surface area contributed by atoms with Gasteiger partial charge in [0.2, 0.25) is 5.78 Å². The summed E-state index contributed by atoms with van der Waals surface area (Å²) in [5.74, 6) is -2.36. The van der Waals surface area contributed by atoms with Gasteiger partial charge in [0, 0.05) is 23.2 Å². The number of halogens is 2. The normalized spacial score (nSPS) is 46.4. The molecule has 6 heteroatoms. The third-order valence-corrected chi connectivity index (χ3v) is 8.97. The first kappa shape index (κ1) is 22.6. The molecule has 0 aromatic carbocycles. The smallest absolute Gasteiger partial charge is 0.305 e. The molecule has 0 amide bonds. The number of rotatable bonds is 4. The van der Waals surface area contributed by atoms with Crippen LogP contribution in [0.25, 0.3) is 0 Å². The Labute approximate surface area is 183 Å². The largest absolute Gasteiger partial charge is 0.461 e. The number of hydrogen-bond donors (Lipinski definition) is 1. The summed E-state index contributed by atoms with van der Waals surface area (Å²) in [6, 6.07) is 0. The van der Waals surface area contributed by atoms with E-state index in [1.54, 1.807) is 13.8 Å². The maximum atomic E-state index is 17.1. The number of aliphatic hydroxyl groups excluding tert-OH is 1. The van der Waals surface area contributed by atoms with Crippen LogP contribution in [0.4, 0.5) is 8.78 Å². The molecule has 0 saturated heterocycles. The zero-order chi connectivity index (χ0) is 22.8. The van der Waals surface area contributed by atoms with Crippen molar-refractivity contribution in [2.75, 3.05) is 0 Å². The Kier molecular flexibility index (Phi) is 5.47. The lowest BCUT2D eigenvalue weighted by molar-refractivity contribution is -0.213. The molecule has 3 saturated carbocycles. The molecule has 0 radical (unpaired) electrons. The summed E-state index contributed by atoms with van der Waals surface area (Å²) < 4.78 is 37.8. The Hall–Kier alpha value is -1.56. The summed E-state index contributed by atoms with van der Waals surface area (Å²) in [6.45, 7) is 7.49. The molecule has 1 N–H and O–H groups in total. The molecular formula is C25H34F2O4. The van der Waals surface area contributed by atoms with E-state index in [-0.39, 0.29) is 42.3 Å². The second-order valence-electron chi connectivity index (χ2n) is 10.4. The number of allylic oxidation sites excluding steroid dienone is 4. The van der Waals surface area contributed by atoms with Crippen molar-refractivity contribution in [3.05, 3.63) is 23.6 Å². The first-order valence-electron chi connectivity index (χ1n) is 11.8. The molecule has 0 aliphatic heterocycles. The molecule has 0 aromatic rings. The fraction of sp³-hybridized carbons (Fsp3) is 0.760. The quantitative estimate of drug-likeness (QED) is 0.630. The van der Waals surface area contributed by atoms with E-state index in [1.807, 2.05) is 6.92 Å². The SMILES string of the molecule is CCC[C@]12C[C@H](O)[C@@]3(F)[C@@H](CCC4=C(F)C(=O)C=C[C@@]43C)[C@@H]1C[C@H](C)[C@H]2OC(=O)CC. The Morgan fingerprint density at radius 2 is 2.03 bits per heavy atom. The van der Waals surface area contributed by atoms with Crippen LogP contribution in [-0.4, -0.2) is 34.7 Å². The monoisotopic (exact) mass is 436 g/mol. The second kappa shape index (κ2) is 7.50. The Balaban J connectivity index is 1.81. The molecule has 0 unspecified atom stereocenters. The van der Waals surface area contributed by atoms with Crippen LogP contribution < -0.4 is 0 Å². The number of carbonyl (C=O) groups is 2. The van der Waals surface area contributed by atoms with E-state index in [1.165, 1.54) is 6.08 Å². The Morgan fingerprint density at radius 1 is 1.32 bits per heavy atom. The van der Waals surface area contributed by atoms with Gasteiger partial charge < -0.3 is 9.84 Å². The molecule has 0 spiro atoms. The second-order valence-corrected chi connectivity index (χ2v) is 10.4. The summed E-state index contributed by atoms with van der Waals surface area (Å²) in [5.41, 5.74) is -3.72. The minimum absolute atomic E-state index is 0.0616. The van der Waals surface area contributed by atoms with Gasteiger partial charge in [-0.1, -0.05) is 33.3 Å². The standard InChI is InChI=1S/C25H34F2O4/c1-5-10-24-13-19(29)25(27)15(17(24)12-14(3)22(24)31-20(30)6-2)7-8-16-21(26)18(28)9-11-23(16,25)4/h9,11,14-15,17,19,22,29H,5-8,10,12-13H2,1-4H3/t14-,15-,17-,19-,22+,23-,24-,25-/m0/s1. The third-order valence-electron chi connectivity index (χ3n) is 8.97. The average Bonchev–Trinajstić information content (AvgIpc) is 2.98. The van der Waals surface area contributed by atoms with Crippen LogP contribution in [-0.2, 0) is 14.3 Å². The van der Waals surface area contributed by atoms with Crippen molar-refractivity contribution in [3.8, 4) is 0 Å². The lowest BCUT2D eigenvalue weighted by Crippen LogP contribution is -2.67. The van der Waals surface area contributed by atoms with Crippen LogP contribution in [0.1, 0.15) is 72.6 Å². The van der Waals surface area contributed by atoms with Gasteiger partial charge in [-0.25, -0.2) is 8.78 Å². The van der Waals surface area contributed by atoms with Gasteiger partial charge in [0.1, 0.15) is 6.10 Å². The molecule has 3 fully saturated rings. The number of ketones is 1. The molecule has 4 aliphatic rings. The Morgan fingerprint density at radius 3 is 2.68 bits per heavy atom. The molecule has 4 aliphatic carbocycles. The van der Waals surface area contributed by atoms with Crippen LogP contribution >= 0.6 is 0 Å². The number of alkyl halides is 1. The number of aliphatic hydroxyl groups is 1. The Bertz CT molecular complexity index is 850. The van der Waals surface area contributed by atoms with Gasteiger partial charge in [0.25, 0.3) is 0 Å². The van der Waals surface area contributed by atoms with Gasteiger partial charge in [0.15, 0.2) is 11.5 Å². The van der Waals surface area contributed by atoms with Crippen molar-refractivity contribution < 1.29 is 28.2 Å². The lowest BCUT2D eigenvalue weighted by Gasteiger charge is -2.62. The van der Waals surface area contributed by atoms with E-state index in [0.29, 0.717) is 19.3 Å². The molecule has 0 aromatic heterocycles. The van der Waals surface area contributed by atoms with Crippen LogP contribution in [0, 0.1) is 28.6 Å². The highest BCUT2D eigenvalue weighted by atomic mass is 19.1. The van der Waals surface area contributed by atoms with Gasteiger partial charge in [-0.3, -0.25) is 9.59 Å². The fourth-order valence-corrected chi connectivity index (χ4v) is 7.73. The highest BCUT2D eigenvalue weighted by molar-refractivity contribution is 6.04. The van der Waals surface area contributed by atoms with Crippen LogP contribution in [0.5, 0.6) is 0 Å². The highest BCUT2D eigenvalue weighted by Crippen LogP contribution is 2.70. The molecule has 31 heavy (non-hydrogen) atoms. The van der Waals surface area contributed by atoms with E-state index < -0.39 is 40.1 Å². The molecular weight excluding hydrogens is 402 g/mol. The zero-order valence-corrected chi connectivity index (χ0v) is 18.9. The number of esters is 1. The summed E-state index contributed by atoms with van der Waals surface area (Å²) in [4.78, 5) is 24.1. The number of fused-ring (bicyclic) bond motifs is 5. The lowest BCUT2D eigenvalue weighted by atomic mass is 9.45. The third kappa shape index (κ3) is 2.86. The van der Waals surface area contributed by atoms with Crippen molar-refractivity contribution >= 4 is 11.8 Å². The number of ether oxygens (including phenoxy) is 1. The van der Waals surface area contributed by atoms with Crippen molar-refractivity contribution in [1.29, 1.82) is 0 Å². The van der Waals surface area contributed by atoms with Crippen LogP contribution in [0.3, 0.4) is 0 Å². The van der Waals surface area contributed by atoms with Crippen molar-refractivity contribution in [1.82, 2.24) is 0 Å². The van der Waals surface area contributed by atoms with Gasteiger partial charge in [0.05, 0.1) is 6.10 Å². The van der Waals surface area contributed by atoms with Crippen molar-refractivity contribution in [3.63, 3.8) is 0 Å². The minimum atomic E-state index is -2.07. The number of hydrogen-bond acceptors (Lipinski definition) is 4. The minimum Gasteiger partial charge on any atom is -0.461 e.